The fourth-order valence-electron chi connectivity index (χ4n) is 3.18. The molecule has 7 heteroatoms. The van der Waals surface area contributed by atoms with E-state index in [4.69, 9.17) is 16.2 Å². The summed E-state index contributed by atoms with van der Waals surface area (Å²) in [7, 11) is 0. The number of hydrogen-bond acceptors (Lipinski definition) is 6. The number of nitrogens with zero attached hydrogens (tertiary/aromatic N) is 3. The summed E-state index contributed by atoms with van der Waals surface area (Å²) in [5.74, 6) is 1.53. The second-order valence-corrected chi connectivity index (χ2v) is 5.39. The van der Waals surface area contributed by atoms with Crippen molar-refractivity contribution in [2.75, 3.05) is 11.5 Å². The molecule has 0 unspecified atom stereocenters. The number of hydrogen-bond donors (Lipinski definition) is 2. The Morgan fingerprint density at radius 3 is 2.41 bits per heavy atom. The van der Waals surface area contributed by atoms with Gasteiger partial charge in [-0.3, -0.25) is 4.90 Å². The van der Waals surface area contributed by atoms with E-state index in [1.807, 2.05) is 36.1 Å². The van der Waals surface area contributed by atoms with E-state index < -0.39 is 0 Å². The number of ether oxygens (including phenoxy) is 1. The third-order valence-electron chi connectivity index (χ3n) is 4.01. The molecule has 0 amide bonds. The summed E-state index contributed by atoms with van der Waals surface area (Å²) in [6.45, 7) is 2.62. The first-order valence-electron chi connectivity index (χ1n) is 7.37. The van der Waals surface area contributed by atoms with E-state index in [-0.39, 0.29) is 24.0 Å². The Bertz CT molecular complexity index is 578. The number of benzene rings is 1. The molecule has 1 aliphatic carbocycles. The molecule has 0 bridgehead atoms. The minimum atomic E-state index is -0.372. The maximum Gasteiger partial charge on any atom is 0.220 e. The van der Waals surface area contributed by atoms with Crippen LogP contribution in [0.3, 0.4) is 0 Å². The van der Waals surface area contributed by atoms with Crippen molar-refractivity contribution in [2.24, 2.45) is 21.5 Å². The highest BCUT2D eigenvalue weighted by Crippen LogP contribution is 2.40. The molecule has 1 aromatic rings. The summed E-state index contributed by atoms with van der Waals surface area (Å²) in [6, 6.07) is 7.86. The van der Waals surface area contributed by atoms with E-state index in [1.165, 1.54) is 0 Å². The molecule has 1 fully saturated rings. The van der Waals surface area contributed by atoms with E-state index in [0.29, 0.717) is 12.6 Å². The number of anilines is 1. The zero-order chi connectivity index (χ0) is 14.9. The van der Waals surface area contributed by atoms with Crippen LogP contribution in [0.25, 0.3) is 0 Å². The van der Waals surface area contributed by atoms with E-state index in [0.717, 1.165) is 37.1 Å². The van der Waals surface area contributed by atoms with Gasteiger partial charge in [0.15, 0.2) is 0 Å². The van der Waals surface area contributed by atoms with Crippen LogP contribution in [0, 0.1) is 0 Å². The van der Waals surface area contributed by atoms with Crippen molar-refractivity contribution in [1.82, 2.24) is 0 Å². The van der Waals surface area contributed by atoms with Crippen molar-refractivity contribution >= 4 is 30.0 Å². The molecule has 0 radical (unpaired) electrons. The van der Waals surface area contributed by atoms with Crippen LogP contribution in [-0.4, -0.2) is 24.2 Å². The maximum atomic E-state index is 6.14. The smallest absolute Gasteiger partial charge is 0.220 e. The number of halogens is 1. The van der Waals surface area contributed by atoms with Crippen LogP contribution in [-0.2, 0) is 0 Å². The summed E-state index contributed by atoms with van der Waals surface area (Å²) in [4.78, 5) is 10.7. The van der Waals surface area contributed by atoms with Crippen LogP contribution in [0.2, 0.25) is 0 Å². The monoisotopic (exact) mass is 323 g/mol. The van der Waals surface area contributed by atoms with Gasteiger partial charge < -0.3 is 16.2 Å². The Kier molecular flexibility index (Phi) is 4.81. The fourth-order valence-corrected chi connectivity index (χ4v) is 3.18. The largest absolute Gasteiger partial charge is 0.494 e. The van der Waals surface area contributed by atoms with Crippen molar-refractivity contribution in [3.8, 4) is 5.75 Å². The summed E-state index contributed by atoms with van der Waals surface area (Å²) < 4.78 is 5.48. The van der Waals surface area contributed by atoms with Gasteiger partial charge in [0.2, 0.25) is 11.9 Å². The lowest BCUT2D eigenvalue weighted by Gasteiger charge is -2.41. The van der Waals surface area contributed by atoms with E-state index in [2.05, 4.69) is 9.98 Å². The van der Waals surface area contributed by atoms with Gasteiger partial charge in [0.05, 0.1) is 6.61 Å². The van der Waals surface area contributed by atoms with Crippen molar-refractivity contribution in [3.63, 3.8) is 0 Å². The van der Waals surface area contributed by atoms with Crippen molar-refractivity contribution in [2.45, 2.75) is 38.3 Å². The van der Waals surface area contributed by atoms with Crippen molar-refractivity contribution < 1.29 is 4.74 Å². The highest BCUT2D eigenvalue weighted by molar-refractivity contribution is 6.05. The van der Waals surface area contributed by atoms with E-state index in [1.54, 1.807) is 0 Å². The van der Waals surface area contributed by atoms with Crippen molar-refractivity contribution in [3.05, 3.63) is 24.3 Å². The Morgan fingerprint density at radius 1 is 1.18 bits per heavy atom. The molecule has 0 saturated heterocycles. The zero-order valence-electron chi connectivity index (χ0n) is 12.7. The Labute approximate surface area is 136 Å². The van der Waals surface area contributed by atoms with Gasteiger partial charge in [0, 0.05) is 5.69 Å². The third-order valence-corrected chi connectivity index (χ3v) is 4.01. The molecule has 6 nitrogen and oxygen atoms in total. The maximum absolute atomic E-state index is 6.14. The number of rotatable bonds is 3. The summed E-state index contributed by atoms with van der Waals surface area (Å²) in [5, 5.41) is 0. The fraction of sp³-hybridized carbons (Fsp3) is 0.467. The van der Waals surface area contributed by atoms with Gasteiger partial charge >= 0.3 is 0 Å². The van der Waals surface area contributed by atoms with Gasteiger partial charge in [0.1, 0.15) is 11.4 Å². The summed E-state index contributed by atoms with van der Waals surface area (Å²) in [5.41, 5.74) is 12.6. The predicted octanol–water partition coefficient (Wildman–Crippen LogP) is 2.23. The molecule has 2 aliphatic rings. The molecule has 1 aliphatic heterocycles. The topological polar surface area (TPSA) is 89.2 Å². The number of aliphatic imine (C=N–C) groups is 2. The van der Waals surface area contributed by atoms with Crippen LogP contribution >= 0.6 is 12.4 Å². The molecular formula is C15H22ClN5O. The number of nitrogens with two attached hydrogens (primary N) is 2. The molecule has 120 valence electrons. The molecule has 1 aromatic carbocycles. The lowest BCUT2D eigenvalue weighted by molar-refractivity contribution is 0.340. The first-order valence-corrected chi connectivity index (χ1v) is 7.37. The Balaban J connectivity index is 0.00000176. The highest BCUT2D eigenvalue weighted by atomic mass is 35.5. The second kappa shape index (κ2) is 6.44. The molecule has 1 heterocycles. The zero-order valence-corrected chi connectivity index (χ0v) is 13.5. The minimum absolute atomic E-state index is 0. The van der Waals surface area contributed by atoms with Crippen molar-refractivity contribution in [1.29, 1.82) is 0 Å². The molecular weight excluding hydrogens is 302 g/mol. The molecule has 0 aromatic heterocycles. The average Bonchev–Trinajstić information content (AvgIpc) is 2.88. The number of guanidine groups is 2. The molecule has 1 spiro atoms. The summed E-state index contributed by atoms with van der Waals surface area (Å²) >= 11 is 0. The van der Waals surface area contributed by atoms with E-state index in [9.17, 15) is 0 Å². The van der Waals surface area contributed by atoms with Crippen LogP contribution in [0.15, 0.2) is 34.3 Å². The van der Waals surface area contributed by atoms with Gasteiger partial charge in [-0.1, -0.05) is 0 Å². The minimum Gasteiger partial charge on any atom is -0.494 e. The van der Waals surface area contributed by atoms with Crippen LogP contribution < -0.4 is 21.1 Å². The molecule has 3 rings (SSSR count). The average molecular weight is 324 g/mol. The predicted molar refractivity (Wildman–Crippen MR) is 91.8 cm³/mol. The molecule has 4 N–H and O–H groups in total. The normalized spacial score (nSPS) is 19.4. The van der Waals surface area contributed by atoms with Gasteiger partial charge in [-0.05, 0) is 56.9 Å². The van der Waals surface area contributed by atoms with E-state index >= 15 is 0 Å². The molecule has 0 atom stereocenters. The summed E-state index contributed by atoms with van der Waals surface area (Å²) in [6.07, 6.45) is 4.13. The first kappa shape index (κ1) is 16.4. The Morgan fingerprint density at radius 2 is 1.82 bits per heavy atom. The quantitative estimate of drug-likeness (QED) is 0.892. The van der Waals surface area contributed by atoms with Crippen LogP contribution in [0.5, 0.6) is 5.75 Å². The SMILES string of the molecule is CCOc1ccc(N2C(N)=NC(N)=NC23CCCC3)cc1.Cl. The van der Waals surface area contributed by atoms with Crippen LogP contribution in [0.1, 0.15) is 32.6 Å². The Hall–Kier alpha value is -1.95. The van der Waals surface area contributed by atoms with Gasteiger partial charge in [-0.15, -0.1) is 12.4 Å². The van der Waals surface area contributed by atoms with Gasteiger partial charge in [-0.25, -0.2) is 4.99 Å². The lowest BCUT2D eigenvalue weighted by Crippen LogP contribution is -2.56. The first-order chi connectivity index (χ1) is 10.1. The highest BCUT2D eigenvalue weighted by Gasteiger charge is 2.43. The van der Waals surface area contributed by atoms with Gasteiger partial charge in [-0.2, -0.15) is 4.99 Å². The van der Waals surface area contributed by atoms with Crippen LogP contribution in [0.4, 0.5) is 5.69 Å². The standard InChI is InChI=1S/C15H21N5O.ClH/c1-2-21-12-7-5-11(6-8-12)20-14(17)18-13(16)19-15(20)9-3-4-10-15;/h5-8H,2-4,9-10H2,1H3,(H4,16,17,18,19);1H. The third kappa shape index (κ3) is 2.83. The molecule has 1 saturated carbocycles. The second-order valence-electron chi connectivity index (χ2n) is 5.39. The lowest BCUT2D eigenvalue weighted by atomic mass is 10.1. The van der Waals surface area contributed by atoms with Gasteiger partial charge in [0.25, 0.3) is 0 Å². The molecule has 22 heavy (non-hydrogen) atoms.